The minimum absolute atomic E-state index is 0.0553. The van der Waals surface area contributed by atoms with Crippen LogP contribution >= 0.6 is 11.3 Å². The van der Waals surface area contributed by atoms with Crippen LogP contribution in [-0.4, -0.2) is 20.8 Å². The highest BCUT2D eigenvalue weighted by molar-refractivity contribution is 7.09. The topological polar surface area (TPSA) is 47.8 Å². The van der Waals surface area contributed by atoms with E-state index in [4.69, 9.17) is 4.98 Å². The molecule has 0 saturated heterocycles. The van der Waals surface area contributed by atoms with E-state index in [0.29, 0.717) is 12.1 Å². The summed E-state index contributed by atoms with van der Waals surface area (Å²) in [7, 11) is 0. The van der Waals surface area contributed by atoms with Gasteiger partial charge in [-0.25, -0.2) is 9.97 Å². The minimum Gasteiger partial charge on any atom is -0.325 e. The van der Waals surface area contributed by atoms with E-state index in [9.17, 15) is 4.79 Å². The summed E-state index contributed by atoms with van der Waals surface area (Å²) in [5.74, 6) is 0. The number of hydrogen-bond donors (Lipinski definition) is 0. The number of hydrogen-bond acceptors (Lipinski definition) is 4. The van der Waals surface area contributed by atoms with Gasteiger partial charge in [-0.3, -0.25) is 4.79 Å². The van der Waals surface area contributed by atoms with Gasteiger partial charge in [0, 0.05) is 34.1 Å². The Bertz CT molecular complexity index is 795. The van der Waals surface area contributed by atoms with Crippen molar-refractivity contribution < 1.29 is 4.79 Å². The maximum absolute atomic E-state index is 11.2. The molecule has 0 saturated carbocycles. The first kappa shape index (κ1) is 13.9. The van der Waals surface area contributed by atoms with Gasteiger partial charge in [0.25, 0.3) is 0 Å². The van der Waals surface area contributed by atoms with Crippen LogP contribution in [0.15, 0.2) is 29.9 Å². The zero-order chi connectivity index (χ0) is 15.0. The molecule has 0 aliphatic rings. The van der Waals surface area contributed by atoms with E-state index in [1.807, 2.05) is 22.9 Å². The minimum atomic E-state index is 0.0553. The molecule has 5 heteroatoms. The van der Waals surface area contributed by atoms with E-state index in [2.05, 4.69) is 31.1 Å². The van der Waals surface area contributed by atoms with Crippen LogP contribution in [0.4, 0.5) is 0 Å². The predicted octanol–water partition coefficient (Wildman–Crippen LogP) is 3.65. The molecule has 4 nitrogen and oxygen atoms in total. The lowest BCUT2D eigenvalue weighted by Crippen LogP contribution is -2.11. The normalized spacial score (nSPS) is 12.0. The highest BCUT2D eigenvalue weighted by Gasteiger charge is 2.18. The Morgan fingerprint density at radius 2 is 2.19 bits per heavy atom. The standard InChI is InChI=1S/C16H17N3OS/c1-16(2,3)13-10-21-14(18-13)8-19-7-11(9-20)12-5-4-6-17-15(12)19/h4-7,9-10H,8H2,1-3H3. The first-order valence-electron chi connectivity index (χ1n) is 6.83. The predicted molar refractivity (Wildman–Crippen MR) is 85.0 cm³/mol. The van der Waals surface area contributed by atoms with E-state index in [1.165, 1.54) is 0 Å². The monoisotopic (exact) mass is 299 g/mol. The van der Waals surface area contributed by atoms with E-state index >= 15 is 0 Å². The van der Waals surface area contributed by atoms with Gasteiger partial charge in [-0.05, 0) is 12.1 Å². The van der Waals surface area contributed by atoms with Crippen LogP contribution in [0.5, 0.6) is 0 Å². The molecule has 108 valence electrons. The van der Waals surface area contributed by atoms with Crippen LogP contribution in [0.25, 0.3) is 11.0 Å². The van der Waals surface area contributed by atoms with Gasteiger partial charge in [0.2, 0.25) is 0 Å². The number of aldehydes is 1. The van der Waals surface area contributed by atoms with Crippen molar-refractivity contribution in [3.63, 3.8) is 0 Å². The molecule has 0 spiro atoms. The van der Waals surface area contributed by atoms with Gasteiger partial charge in [0.15, 0.2) is 6.29 Å². The number of aromatic nitrogens is 3. The number of carbonyl (C=O) groups is 1. The maximum Gasteiger partial charge on any atom is 0.152 e. The average molecular weight is 299 g/mol. The van der Waals surface area contributed by atoms with Gasteiger partial charge in [0.1, 0.15) is 10.7 Å². The van der Waals surface area contributed by atoms with E-state index < -0.39 is 0 Å². The van der Waals surface area contributed by atoms with Gasteiger partial charge in [-0.15, -0.1) is 11.3 Å². The molecular weight excluding hydrogens is 282 g/mol. The summed E-state index contributed by atoms with van der Waals surface area (Å²) in [4.78, 5) is 20.3. The summed E-state index contributed by atoms with van der Waals surface area (Å²) in [6, 6.07) is 3.77. The van der Waals surface area contributed by atoms with Crippen molar-refractivity contribution >= 4 is 28.7 Å². The van der Waals surface area contributed by atoms with Crippen molar-refractivity contribution in [1.29, 1.82) is 0 Å². The zero-order valence-corrected chi connectivity index (χ0v) is 13.1. The van der Waals surface area contributed by atoms with Crippen molar-refractivity contribution in [2.75, 3.05) is 0 Å². The molecule has 0 unspecified atom stereocenters. The molecule has 3 heterocycles. The van der Waals surface area contributed by atoms with Crippen molar-refractivity contribution in [3.8, 4) is 0 Å². The second kappa shape index (κ2) is 5.07. The quantitative estimate of drug-likeness (QED) is 0.694. The Morgan fingerprint density at radius 3 is 2.86 bits per heavy atom. The molecule has 0 fully saturated rings. The van der Waals surface area contributed by atoms with Crippen molar-refractivity contribution in [2.24, 2.45) is 0 Å². The second-order valence-electron chi connectivity index (χ2n) is 6.08. The number of pyridine rings is 1. The second-order valence-corrected chi connectivity index (χ2v) is 7.02. The lowest BCUT2D eigenvalue weighted by Gasteiger charge is -2.14. The first-order valence-corrected chi connectivity index (χ1v) is 7.71. The van der Waals surface area contributed by atoms with Crippen molar-refractivity contribution in [3.05, 3.63) is 46.2 Å². The Balaban J connectivity index is 1.99. The van der Waals surface area contributed by atoms with Crippen LogP contribution < -0.4 is 0 Å². The summed E-state index contributed by atoms with van der Waals surface area (Å²) in [6.07, 6.45) is 4.47. The molecular formula is C16H17N3OS. The first-order chi connectivity index (χ1) is 9.99. The van der Waals surface area contributed by atoms with Crippen LogP contribution in [0.2, 0.25) is 0 Å². The molecule has 0 aliphatic carbocycles. The number of carbonyl (C=O) groups excluding carboxylic acids is 1. The lowest BCUT2D eigenvalue weighted by atomic mass is 9.93. The van der Waals surface area contributed by atoms with E-state index in [0.717, 1.165) is 28.0 Å². The SMILES string of the molecule is CC(C)(C)c1csc(Cn2cc(C=O)c3cccnc32)n1. The van der Waals surface area contributed by atoms with E-state index in [1.54, 1.807) is 17.5 Å². The van der Waals surface area contributed by atoms with Crippen LogP contribution in [0.1, 0.15) is 41.8 Å². The largest absolute Gasteiger partial charge is 0.325 e. The average Bonchev–Trinajstić information content (AvgIpc) is 3.04. The molecule has 21 heavy (non-hydrogen) atoms. The van der Waals surface area contributed by atoms with Gasteiger partial charge in [0.05, 0.1) is 12.2 Å². The molecule has 3 aromatic rings. The highest BCUT2D eigenvalue weighted by atomic mass is 32.1. The number of rotatable bonds is 3. The molecule has 0 aromatic carbocycles. The van der Waals surface area contributed by atoms with Crippen LogP contribution in [0, 0.1) is 0 Å². The van der Waals surface area contributed by atoms with Gasteiger partial charge >= 0.3 is 0 Å². The molecule has 0 atom stereocenters. The molecule has 0 amide bonds. The summed E-state index contributed by atoms with van der Waals surface area (Å²) in [5.41, 5.74) is 2.65. The zero-order valence-electron chi connectivity index (χ0n) is 12.3. The molecule has 0 aliphatic heterocycles. The third-order valence-electron chi connectivity index (χ3n) is 3.42. The lowest BCUT2D eigenvalue weighted by molar-refractivity contribution is 0.112. The fourth-order valence-electron chi connectivity index (χ4n) is 2.24. The Labute approximate surface area is 127 Å². The summed E-state index contributed by atoms with van der Waals surface area (Å²) < 4.78 is 1.99. The number of thiazole rings is 1. The van der Waals surface area contributed by atoms with Crippen LogP contribution in [0.3, 0.4) is 0 Å². The Hall–Kier alpha value is -2.01. The van der Waals surface area contributed by atoms with Crippen molar-refractivity contribution in [2.45, 2.75) is 32.7 Å². The molecule has 0 bridgehead atoms. The summed E-state index contributed by atoms with van der Waals surface area (Å²) in [6.45, 7) is 7.11. The van der Waals surface area contributed by atoms with Gasteiger partial charge in [-0.2, -0.15) is 0 Å². The molecule has 0 N–H and O–H groups in total. The van der Waals surface area contributed by atoms with Crippen LogP contribution in [-0.2, 0) is 12.0 Å². The maximum atomic E-state index is 11.2. The molecule has 0 radical (unpaired) electrons. The number of nitrogens with zero attached hydrogens (tertiary/aromatic N) is 3. The molecule has 3 rings (SSSR count). The fraction of sp³-hybridized carbons (Fsp3) is 0.312. The van der Waals surface area contributed by atoms with Gasteiger partial charge < -0.3 is 4.57 Å². The van der Waals surface area contributed by atoms with Crippen molar-refractivity contribution in [1.82, 2.24) is 14.5 Å². The summed E-state index contributed by atoms with van der Waals surface area (Å²) >= 11 is 1.65. The third kappa shape index (κ3) is 2.61. The molecule has 3 aromatic heterocycles. The highest BCUT2D eigenvalue weighted by Crippen LogP contribution is 2.25. The Kier molecular flexibility index (Phi) is 3.37. The van der Waals surface area contributed by atoms with E-state index in [-0.39, 0.29) is 5.41 Å². The number of fused-ring (bicyclic) bond motifs is 1. The summed E-state index contributed by atoms with van der Waals surface area (Å²) in [5, 5.41) is 4.02. The Morgan fingerprint density at radius 1 is 1.38 bits per heavy atom. The van der Waals surface area contributed by atoms with Gasteiger partial charge in [-0.1, -0.05) is 20.8 Å². The third-order valence-corrected chi connectivity index (χ3v) is 4.25. The fourth-order valence-corrected chi connectivity index (χ4v) is 3.26. The smallest absolute Gasteiger partial charge is 0.152 e.